The van der Waals surface area contributed by atoms with Crippen molar-refractivity contribution in [2.75, 3.05) is 33.4 Å². The van der Waals surface area contributed by atoms with Gasteiger partial charge in [0, 0.05) is 0 Å². The predicted octanol–water partition coefficient (Wildman–Crippen LogP) is 5.36. The van der Waals surface area contributed by atoms with E-state index in [1.807, 2.05) is 21.1 Å². The molecule has 0 aliphatic heterocycles. The molecule has 0 saturated heterocycles. The van der Waals surface area contributed by atoms with Gasteiger partial charge in [-0.15, -0.1) is 0 Å². The number of unbranched alkanes of at least 4 members (excludes halogenated alkanes) is 13. The van der Waals surface area contributed by atoms with E-state index in [4.69, 9.17) is 9.29 Å². The molecule has 0 fully saturated rings. The fourth-order valence-electron chi connectivity index (χ4n) is 3.66. The number of carboxylic acid groups (broad SMARTS) is 1. The third kappa shape index (κ3) is 20.6. The monoisotopic (exact) mass is 450 g/mol. The molecule has 0 bridgehead atoms. The van der Waals surface area contributed by atoms with Crippen molar-refractivity contribution in [3.05, 3.63) is 0 Å². The number of aliphatic carboxylic acids is 1. The van der Waals surface area contributed by atoms with Crippen molar-refractivity contribution in [2.24, 2.45) is 0 Å². The first-order valence-electron chi connectivity index (χ1n) is 12.0. The molecular weight excluding hydrogens is 402 g/mol. The summed E-state index contributed by atoms with van der Waals surface area (Å²) in [5, 5.41) is 9.00. The quantitative estimate of drug-likeness (QED) is 0.145. The number of hydrogen-bond donors (Lipinski definition) is 1. The summed E-state index contributed by atoms with van der Waals surface area (Å²) in [4.78, 5) is 11.0. The van der Waals surface area contributed by atoms with Gasteiger partial charge in [0.2, 0.25) is 0 Å². The van der Waals surface area contributed by atoms with Crippen molar-refractivity contribution < 1.29 is 27.0 Å². The molecule has 0 aliphatic carbocycles. The minimum absolute atomic E-state index is 0.0295. The Morgan fingerprint density at radius 1 is 0.800 bits per heavy atom. The maximum absolute atomic E-state index is 12.2. The topological polar surface area (TPSA) is 80.7 Å². The minimum Gasteiger partial charge on any atom is -0.481 e. The van der Waals surface area contributed by atoms with Crippen LogP contribution in [0.25, 0.3) is 0 Å². The lowest BCUT2D eigenvalue weighted by molar-refractivity contribution is -0.873. The van der Waals surface area contributed by atoms with Crippen LogP contribution >= 0.6 is 0 Å². The number of carbonyl (C=O) groups is 1. The zero-order chi connectivity index (χ0) is 22.9. The third-order valence-corrected chi connectivity index (χ3v) is 6.54. The lowest BCUT2D eigenvalue weighted by Gasteiger charge is -2.28. The molecule has 1 N–H and O–H groups in total. The van der Waals surface area contributed by atoms with Gasteiger partial charge >= 0.3 is 5.97 Å². The molecule has 0 aliphatic rings. The van der Waals surface area contributed by atoms with Crippen LogP contribution in [0, 0.1) is 0 Å². The molecule has 0 saturated carbocycles. The molecule has 6 nitrogen and oxygen atoms in total. The number of quaternary nitrogens is 1. The van der Waals surface area contributed by atoms with E-state index >= 15 is 0 Å². The smallest absolute Gasteiger partial charge is 0.306 e. The first kappa shape index (κ1) is 29.3. The molecule has 0 spiro atoms. The lowest BCUT2D eigenvalue weighted by atomic mass is 10.0. The highest BCUT2D eigenvalue weighted by Gasteiger charge is 2.27. The Morgan fingerprint density at radius 2 is 1.20 bits per heavy atom. The molecule has 180 valence electrons. The molecule has 0 aromatic heterocycles. The van der Waals surface area contributed by atoms with E-state index in [0.717, 1.165) is 19.3 Å². The second-order valence-corrected chi connectivity index (χ2v) is 11.4. The van der Waals surface area contributed by atoms with Crippen LogP contribution in [-0.2, 0) is 19.1 Å². The Kier molecular flexibility index (Phi) is 16.6. The molecule has 0 aromatic rings. The van der Waals surface area contributed by atoms with Crippen LogP contribution in [0.1, 0.15) is 103 Å². The second kappa shape index (κ2) is 17.0. The average Bonchev–Trinajstić information content (AvgIpc) is 2.59. The Morgan fingerprint density at radius 3 is 1.57 bits per heavy atom. The molecule has 30 heavy (non-hydrogen) atoms. The molecule has 7 heteroatoms. The van der Waals surface area contributed by atoms with Crippen molar-refractivity contribution >= 4 is 16.1 Å². The maximum atomic E-state index is 12.2. The van der Waals surface area contributed by atoms with E-state index < -0.39 is 22.2 Å². The molecule has 0 aromatic carbocycles. The van der Waals surface area contributed by atoms with E-state index in [9.17, 15) is 13.2 Å². The van der Waals surface area contributed by atoms with Crippen molar-refractivity contribution in [1.82, 2.24) is 0 Å². The molecule has 1 atom stereocenters. The van der Waals surface area contributed by atoms with Crippen molar-refractivity contribution in [2.45, 2.75) is 109 Å². The Balaban J connectivity index is 3.79. The molecule has 0 heterocycles. The standard InChI is InChI=1S/C23H47NO5S/c1-5-6-7-8-9-10-11-12-13-14-15-16-17-18-19-30(27,28)29-22(20-23(25)26)21-24(2,3)4/h22H,5-21H2,1-4H3/p+1/t22-/m1/s1. The summed E-state index contributed by atoms with van der Waals surface area (Å²) in [6, 6.07) is 0. The second-order valence-electron chi connectivity index (χ2n) is 9.65. The first-order chi connectivity index (χ1) is 14.1. The largest absolute Gasteiger partial charge is 0.481 e. The van der Waals surface area contributed by atoms with Crippen LogP contribution < -0.4 is 0 Å². The SMILES string of the molecule is CCCCCCCCCCCCCCCCS(=O)(=O)O[C@H](CC(=O)O)C[N+](C)(C)C. The normalized spacial score (nSPS) is 13.5. The minimum atomic E-state index is -3.69. The van der Waals surface area contributed by atoms with Crippen LogP contribution in [0.4, 0.5) is 0 Å². The number of nitrogens with zero attached hydrogens (tertiary/aromatic N) is 1. The summed E-state index contributed by atoms with van der Waals surface area (Å²) in [5.41, 5.74) is 0. The molecule has 0 unspecified atom stereocenters. The zero-order valence-electron chi connectivity index (χ0n) is 20.0. The summed E-state index contributed by atoms with van der Waals surface area (Å²) in [6.07, 6.45) is 15.9. The molecule has 0 amide bonds. The average molecular weight is 451 g/mol. The van der Waals surface area contributed by atoms with E-state index in [0.29, 0.717) is 17.4 Å². The van der Waals surface area contributed by atoms with Gasteiger partial charge in [-0.05, 0) is 6.42 Å². The van der Waals surface area contributed by atoms with Gasteiger partial charge in [-0.25, -0.2) is 0 Å². The van der Waals surface area contributed by atoms with Crippen LogP contribution in [0.2, 0.25) is 0 Å². The van der Waals surface area contributed by atoms with Crippen LogP contribution in [0.3, 0.4) is 0 Å². The summed E-state index contributed by atoms with van der Waals surface area (Å²) < 4.78 is 30.1. The van der Waals surface area contributed by atoms with E-state index in [1.54, 1.807) is 0 Å². The van der Waals surface area contributed by atoms with E-state index in [1.165, 1.54) is 64.2 Å². The number of likely N-dealkylation sites (N-methyl/N-ethyl adjacent to an activating group) is 1. The van der Waals surface area contributed by atoms with Gasteiger partial charge in [-0.1, -0.05) is 90.4 Å². The third-order valence-electron chi connectivity index (χ3n) is 5.18. The highest BCUT2D eigenvalue weighted by atomic mass is 32.2. The van der Waals surface area contributed by atoms with Gasteiger partial charge in [0.25, 0.3) is 10.1 Å². The number of rotatable bonds is 21. The fourth-order valence-corrected chi connectivity index (χ4v) is 4.86. The summed E-state index contributed by atoms with van der Waals surface area (Å²) in [6.45, 7) is 2.59. The number of hydrogen-bond acceptors (Lipinski definition) is 4. The predicted molar refractivity (Wildman–Crippen MR) is 124 cm³/mol. The van der Waals surface area contributed by atoms with Crippen molar-refractivity contribution in [3.8, 4) is 0 Å². The molecule has 0 rings (SSSR count). The Labute approximate surface area is 186 Å². The fraction of sp³-hybridized carbons (Fsp3) is 0.957. The van der Waals surface area contributed by atoms with Crippen molar-refractivity contribution in [3.63, 3.8) is 0 Å². The molecule has 0 radical (unpaired) electrons. The Hall–Kier alpha value is -0.660. The summed E-state index contributed by atoms with van der Waals surface area (Å²) in [5.74, 6) is -1.07. The van der Waals surface area contributed by atoms with Gasteiger partial charge in [-0.3, -0.25) is 8.98 Å². The van der Waals surface area contributed by atoms with E-state index in [-0.39, 0.29) is 12.2 Å². The summed E-state index contributed by atoms with van der Waals surface area (Å²) in [7, 11) is 1.97. The lowest BCUT2D eigenvalue weighted by Crippen LogP contribution is -2.44. The maximum Gasteiger partial charge on any atom is 0.306 e. The highest BCUT2D eigenvalue weighted by Crippen LogP contribution is 2.14. The van der Waals surface area contributed by atoms with Gasteiger partial charge in [-0.2, -0.15) is 8.42 Å². The zero-order valence-corrected chi connectivity index (χ0v) is 20.9. The van der Waals surface area contributed by atoms with Gasteiger partial charge in [0.1, 0.15) is 12.6 Å². The van der Waals surface area contributed by atoms with Gasteiger partial charge < -0.3 is 9.59 Å². The van der Waals surface area contributed by atoms with Crippen LogP contribution in [0.15, 0.2) is 0 Å². The Bertz CT molecular complexity index is 528. The highest BCUT2D eigenvalue weighted by molar-refractivity contribution is 7.86. The van der Waals surface area contributed by atoms with Gasteiger partial charge in [0.15, 0.2) is 0 Å². The van der Waals surface area contributed by atoms with Crippen LogP contribution in [-0.4, -0.2) is 63.5 Å². The number of carboxylic acids is 1. The van der Waals surface area contributed by atoms with Crippen molar-refractivity contribution in [1.29, 1.82) is 0 Å². The first-order valence-corrected chi connectivity index (χ1v) is 13.6. The van der Waals surface area contributed by atoms with E-state index in [2.05, 4.69) is 6.92 Å². The molecular formula is C23H48NO5S+. The van der Waals surface area contributed by atoms with Gasteiger partial charge in [0.05, 0.1) is 33.3 Å². The van der Waals surface area contributed by atoms with Crippen LogP contribution in [0.5, 0.6) is 0 Å². The summed E-state index contributed by atoms with van der Waals surface area (Å²) >= 11 is 0.